The zero-order chi connectivity index (χ0) is 12.2. The van der Waals surface area contributed by atoms with Crippen LogP contribution in [0, 0.1) is 0 Å². The quantitative estimate of drug-likeness (QED) is 0.746. The highest BCUT2D eigenvalue weighted by Crippen LogP contribution is 2.15. The van der Waals surface area contributed by atoms with Gasteiger partial charge < -0.3 is 19.7 Å². The van der Waals surface area contributed by atoms with Gasteiger partial charge in [-0.25, -0.2) is 0 Å². The summed E-state index contributed by atoms with van der Waals surface area (Å²) in [6.07, 6.45) is 6.83. The van der Waals surface area contributed by atoms with E-state index >= 15 is 0 Å². The van der Waals surface area contributed by atoms with E-state index in [1.165, 1.54) is 5.70 Å². The molecule has 0 radical (unpaired) electrons. The molecule has 3 rings (SSSR count). The molecular formula is C13H21N3O2. The molecule has 1 unspecified atom stereocenters. The van der Waals surface area contributed by atoms with E-state index in [9.17, 15) is 0 Å². The fraction of sp³-hybridized carbons (Fsp3) is 0.692. The second-order valence-electron chi connectivity index (χ2n) is 4.78. The summed E-state index contributed by atoms with van der Waals surface area (Å²) in [4.78, 5) is 4.82. The number of hydrogen-bond donors (Lipinski definition) is 1. The minimum absolute atomic E-state index is 0.303. The summed E-state index contributed by atoms with van der Waals surface area (Å²) < 4.78 is 10.8. The number of hydrogen-bond acceptors (Lipinski definition) is 5. The molecule has 0 aromatic carbocycles. The van der Waals surface area contributed by atoms with Crippen LogP contribution >= 0.6 is 0 Å². The second kappa shape index (κ2) is 5.73. The lowest BCUT2D eigenvalue weighted by Crippen LogP contribution is -2.49. The smallest absolute Gasteiger partial charge is 0.101 e. The maximum atomic E-state index is 5.40. The summed E-state index contributed by atoms with van der Waals surface area (Å²) in [6, 6.07) is 0. The molecule has 0 saturated carbocycles. The van der Waals surface area contributed by atoms with Crippen molar-refractivity contribution in [2.45, 2.75) is 6.17 Å². The van der Waals surface area contributed by atoms with E-state index in [4.69, 9.17) is 9.47 Å². The average molecular weight is 251 g/mol. The molecule has 0 aromatic rings. The van der Waals surface area contributed by atoms with Crippen LogP contribution in [0.1, 0.15) is 0 Å². The first-order chi connectivity index (χ1) is 8.93. The molecule has 3 aliphatic rings. The fourth-order valence-electron chi connectivity index (χ4n) is 2.60. The predicted octanol–water partition coefficient (Wildman–Crippen LogP) is -0.0223. The van der Waals surface area contributed by atoms with Crippen LogP contribution in [0.5, 0.6) is 0 Å². The van der Waals surface area contributed by atoms with E-state index < -0.39 is 0 Å². The van der Waals surface area contributed by atoms with Crippen LogP contribution in [-0.2, 0) is 9.47 Å². The third-order valence-electron chi connectivity index (χ3n) is 3.67. The molecule has 100 valence electrons. The summed E-state index contributed by atoms with van der Waals surface area (Å²) >= 11 is 0. The zero-order valence-corrected chi connectivity index (χ0v) is 10.7. The monoisotopic (exact) mass is 251 g/mol. The fourth-order valence-corrected chi connectivity index (χ4v) is 2.60. The molecule has 1 N–H and O–H groups in total. The molecule has 0 aliphatic carbocycles. The van der Waals surface area contributed by atoms with Gasteiger partial charge in [-0.05, 0) is 18.4 Å². The molecule has 3 aliphatic heterocycles. The van der Waals surface area contributed by atoms with Gasteiger partial charge in [0.05, 0.1) is 26.4 Å². The minimum Gasteiger partial charge on any atom is -0.379 e. The summed E-state index contributed by atoms with van der Waals surface area (Å²) in [5.41, 5.74) is 1.31. The Morgan fingerprint density at radius 2 is 1.67 bits per heavy atom. The topological polar surface area (TPSA) is 37.0 Å². The number of dihydropyridines is 1. The van der Waals surface area contributed by atoms with Crippen molar-refractivity contribution in [2.75, 3.05) is 52.6 Å². The number of morpholine rings is 2. The molecule has 1 atom stereocenters. The van der Waals surface area contributed by atoms with E-state index in [0.717, 1.165) is 52.6 Å². The Kier molecular flexibility index (Phi) is 3.83. The van der Waals surface area contributed by atoms with Gasteiger partial charge in [0.1, 0.15) is 6.17 Å². The summed E-state index contributed by atoms with van der Waals surface area (Å²) in [5, 5.41) is 3.41. The van der Waals surface area contributed by atoms with Gasteiger partial charge in [0.15, 0.2) is 0 Å². The van der Waals surface area contributed by atoms with E-state index in [1.807, 2.05) is 0 Å². The van der Waals surface area contributed by atoms with Crippen molar-refractivity contribution in [3.05, 3.63) is 24.0 Å². The van der Waals surface area contributed by atoms with Crippen molar-refractivity contribution in [3.63, 3.8) is 0 Å². The number of nitrogens with zero attached hydrogens (tertiary/aromatic N) is 2. The predicted molar refractivity (Wildman–Crippen MR) is 68.9 cm³/mol. The lowest BCUT2D eigenvalue weighted by Gasteiger charge is -2.37. The van der Waals surface area contributed by atoms with E-state index in [1.54, 1.807) is 0 Å². The largest absolute Gasteiger partial charge is 0.379 e. The van der Waals surface area contributed by atoms with E-state index in [-0.39, 0.29) is 0 Å². The van der Waals surface area contributed by atoms with Gasteiger partial charge in [-0.2, -0.15) is 0 Å². The Morgan fingerprint density at radius 3 is 2.39 bits per heavy atom. The first kappa shape index (κ1) is 12.0. The summed E-state index contributed by atoms with van der Waals surface area (Å²) in [5.74, 6) is 0. The van der Waals surface area contributed by atoms with Crippen LogP contribution in [0.25, 0.3) is 0 Å². The van der Waals surface area contributed by atoms with Crippen molar-refractivity contribution in [2.24, 2.45) is 0 Å². The molecule has 0 amide bonds. The van der Waals surface area contributed by atoms with Crippen molar-refractivity contribution in [3.8, 4) is 0 Å². The van der Waals surface area contributed by atoms with Gasteiger partial charge >= 0.3 is 0 Å². The van der Waals surface area contributed by atoms with Crippen LogP contribution in [0.15, 0.2) is 24.0 Å². The normalized spacial score (nSPS) is 29.9. The highest BCUT2D eigenvalue weighted by Gasteiger charge is 2.22. The van der Waals surface area contributed by atoms with Crippen LogP contribution < -0.4 is 5.32 Å². The lowest BCUT2D eigenvalue weighted by molar-refractivity contribution is 0.0203. The maximum absolute atomic E-state index is 5.40. The van der Waals surface area contributed by atoms with Gasteiger partial charge in [-0.3, -0.25) is 4.90 Å². The minimum atomic E-state index is 0.303. The Hall–Kier alpha value is -1.04. The van der Waals surface area contributed by atoms with Crippen LogP contribution in [0.4, 0.5) is 0 Å². The van der Waals surface area contributed by atoms with Crippen LogP contribution in [0.2, 0.25) is 0 Å². The highest BCUT2D eigenvalue weighted by atomic mass is 16.5. The molecule has 3 heterocycles. The van der Waals surface area contributed by atoms with Crippen molar-refractivity contribution in [1.82, 2.24) is 15.1 Å². The zero-order valence-electron chi connectivity index (χ0n) is 10.7. The van der Waals surface area contributed by atoms with Crippen molar-refractivity contribution < 1.29 is 9.47 Å². The van der Waals surface area contributed by atoms with Gasteiger partial charge in [0.25, 0.3) is 0 Å². The molecule has 5 nitrogen and oxygen atoms in total. The summed E-state index contributed by atoms with van der Waals surface area (Å²) in [7, 11) is 0. The second-order valence-corrected chi connectivity index (χ2v) is 4.78. The third kappa shape index (κ3) is 2.68. The van der Waals surface area contributed by atoms with Crippen LogP contribution in [-0.4, -0.2) is 68.6 Å². The molecule has 0 aromatic heterocycles. The van der Waals surface area contributed by atoms with Crippen molar-refractivity contribution in [1.29, 1.82) is 0 Å². The van der Waals surface area contributed by atoms with E-state index in [0.29, 0.717) is 6.17 Å². The SMILES string of the molecule is C1=CC(N2CCOCC2)=CC(N2CCOCC2)N1. The van der Waals surface area contributed by atoms with Crippen molar-refractivity contribution >= 4 is 0 Å². The molecular weight excluding hydrogens is 230 g/mol. The molecule has 2 fully saturated rings. The molecule has 0 spiro atoms. The Morgan fingerprint density at radius 1 is 1.00 bits per heavy atom. The van der Waals surface area contributed by atoms with Gasteiger partial charge in [0, 0.05) is 31.9 Å². The molecule has 0 bridgehead atoms. The first-order valence-electron chi connectivity index (χ1n) is 6.72. The van der Waals surface area contributed by atoms with Gasteiger partial charge in [0.2, 0.25) is 0 Å². The Labute approximate surface area is 108 Å². The lowest BCUT2D eigenvalue weighted by atomic mass is 10.2. The number of allylic oxidation sites excluding steroid dienone is 1. The molecule has 2 saturated heterocycles. The first-order valence-corrected chi connectivity index (χ1v) is 6.72. The highest BCUT2D eigenvalue weighted by molar-refractivity contribution is 5.24. The number of nitrogens with one attached hydrogen (secondary N) is 1. The summed E-state index contributed by atoms with van der Waals surface area (Å²) in [6.45, 7) is 7.32. The van der Waals surface area contributed by atoms with Gasteiger partial charge in [-0.15, -0.1) is 0 Å². The van der Waals surface area contributed by atoms with Gasteiger partial charge in [-0.1, -0.05) is 0 Å². The number of ether oxygens (including phenoxy) is 2. The Bertz CT molecular complexity index is 331. The average Bonchev–Trinajstić information content (AvgIpc) is 2.49. The van der Waals surface area contributed by atoms with E-state index in [2.05, 4.69) is 33.5 Å². The maximum Gasteiger partial charge on any atom is 0.101 e. The van der Waals surface area contributed by atoms with Crippen LogP contribution in [0.3, 0.4) is 0 Å². The number of rotatable bonds is 2. The standard InChI is InChI=1S/C13H21N3O2/c1-2-14-13(16-5-9-18-10-6-16)11-12(1)15-3-7-17-8-4-15/h1-2,11,13-14H,3-10H2. The third-order valence-corrected chi connectivity index (χ3v) is 3.67. The Balaban J connectivity index is 1.65. The molecule has 18 heavy (non-hydrogen) atoms. The molecule has 5 heteroatoms.